The van der Waals surface area contributed by atoms with Gasteiger partial charge in [-0.1, -0.05) is 12.4 Å². The van der Waals surface area contributed by atoms with Gasteiger partial charge in [-0.15, -0.1) is 0 Å². The van der Waals surface area contributed by atoms with Crippen LogP contribution >= 0.6 is 0 Å². The van der Waals surface area contributed by atoms with E-state index in [2.05, 4.69) is 4.98 Å². The van der Waals surface area contributed by atoms with Crippen LogP contribution in [0, 0.1) is 0 Å². The van der Waals surface area contributed by atoms with Gasteiger partial charge in [0.2, 0.25) is 5.91 Å². The molecule has 12 heteroatoms. The molecule has 0 spiro atoms. The lowest BCUT2D eigenvalue weighted by Crippen LogP contribution is -2.58. The van der Waals surface area contributed by atoms with Gasteiger partial charge in [0.25, 0.3) is 0 Å². The Hall–Kier alpha value is -3.09. The van der Waals surface area contributed by atoms with Gasteiger partial charge >= 0.3 is 6.75 Å². The van der Waals surface area contributed by atoms with Gasteiger partial charge < -0.3 is 44.5 Å². The van der Waals surface area contributed by atoms with Crippen molar-refractivity contribution in [3.63, 3.8) is 0 Å². The number of benzene rings is 1. The summed E-state index contributed by atoms with van der Waals surface area (Å²) in [6.45, 7) is -2.70. The zero-order chi connectivity index (χ0) is 21.6. The van der Waals surface area contributed by atoms with Gasteiger partial charge in [-0.2, -0.15) is 0 Å². The Kier molecular flexibility index (Phi) is 4.92. The number of aryl methyl sites for hydroxylation is 2. The molecule has 1 aromatic heterocycles. The average Bonchev–Trinajstić information content (AvgIpc) is 3.08. The maximum Gasteiger partial charge on any atom is 0.430 e. The first-order valence-corrected chi connectivity index (χ1v) is 9.50. The Bertz CT molecular complexity index is 1000. The number of amides is 1. The molecule has 0 aliphatic carbocycles. The third-order valence-corrected chi connectivity index (χ3v) is 5.26. The molecule has 1 amide bonds. The summed E-state index contributed by atoms with van der Waals surface area (Å²) in [4.78, 5) is 29.8. The number of carbonyl (C=O) groups excluding carboxylic acids is 2. The fourth-order valence-electron chi connectivity index (χ4n) is 3.61. The summed E-state index contributed by atoms with van der Waals surface area (Å²) in [7, 11) is 1.77. The zero-order valence-electron chi connectivity index (χ0n) is 16.2. The number of hydrogen-bond acceptors (Lipinski definition) is 9. The van der Waals surface area contributed by atoms with Crippen LogP contribution in [0.15, 0.2) is 24.7 Å². The Balaban J connectivity index is 1.45. The first kappa shape index (κ1) is 20.2. The van der Waals surface area contributed by atoms with Crippen molar-refractivity contribution in [2.45, 2.75) is 24.9 Å². The molecule has 30 heavy (non-hydrogen) atoms. The fraction of sp³-hybridized carbons (Fsp3) is 0.389. The highest BCUT2D eigenvalue weighted by atomic mass is 16.6. The molecule has 3 heterocycles. The number of fused-ring (bicyclic) bond motifs is 1. The van der Waals surface area contributed by atoms with Gasteiger partial charge in [-0.05, 0) is 18.1 Å². The van der Waals surface area contributed by atoms with E-state index in [4.69, 9.17) is 15.1 Å². The van der Waals surface area contributed by atoms with Crippen molar-refractivity contribution >= 4 is 18.6 Å². The summed E-state index contributed by atoms with van der Waals surface area (Å²) in [6, 6.07) is 2.19. The van der Waals surface area contributed by atoms with E-state index in [1.165, 1.54) is 11.0 Å². The molecule has 4 rings (SSSR count). The minimum atomic E-state index is -3.14. The van der Waals surface area contributed by atoms with Crippen LogP contribution in [0.1, 0.15) is 27.7 Å². The number of carboxylic acids is 1. The SMILES string of the molecule is Cn1cnc(C(N)C(=O)N2CC(Oc3ccc4c(c3C(=O)[O-])O[B-](O)(O)CC4)C2)c1. The van der Waals surface area contributed by atoms with Crippen LogP contribution in [0.25, 0.3) is 0 Å². The van der Waals surface area contributed by atoms with Gasteiger partial charge in [-0.25, -0.2) is 4.98 Å². The van der Waals surface area contributed by atoms with Crippen molar-refractivity contribution < 1.29 is 34.1 Å². The Morgan fingerprint density at radius 1 is 1.40 bits per heavy atom. The molecule has 4 N–H and O–H groups in total. The molecule has 1 atom stereocenters. The van der Waals surface area contributed by atoms with E-state index in [9.17, 15) is 24.7 Å². The van der Waals surface area contributed by atoms with Crippen molar-refractivity contribution in [2.75, 3.05) is 13.1 Å². The molecule has 11 nitrogen and oxygen atoms in total. The summed E-state index contributed by atoms with van der Waals surface area (Å²) in [5, 5.41) is 31.3. The summed E-state index contributed by atoms with van der Waals surface area (Å²) >= 11 is 0. The smallest absolute Gasteiger partial charge is 0.430 e. The van der Waals surface area contributed by atoms with Gasteiger partial charge in [0.1, 0.15) is 17.9 Å². The van der Waals surface area contributed by atoms with E-state index in [1.807, 2.05) is 0 Å². The highest BCUT2D eigenvalue weighted by Gasteiger charge is 2.37. The number of aromatic nitrogens is 2. The molecule has 0 saturated carbocycles. The van der Waals surface area contributed by atoms with E-state index >= 15 is 0 Å². The summed E-state index contributed by atoms with van der Waals surface area (Å²) < 4.78 is 12.5. The van der Waals surface area contributed by atoms with Crippen molar-refractivity contribution in [2.24, 2.45) is 12.8 Å². The number of carbonyl (C=O) groups is 2. The number of imidazole rings is 1. The van der Waals surface area contributed by atoms with Crippen molar-refractivity contribution in [3.8, 4) is 11.5 Å². The maximum atomic E-state index is 12.5. The Morgan fingerprint density at radius 2 is 2.13 bits per heavy atom. The number of rotatable bonds is 5. The van der Waals surface area contributed by atoms with Crippen molar-refractivity contribution in [3.05, 3.63) is 41.5 Å². The van der Waals surface area contributed by atoms with Gasteiger partial charge in [0.15, 0.2) is 0 Å². The molecule has 2 aromatic rings. The number of nitrogens with zero attached hydrogens (tertiary/aromatic N) is 3. The van der Waals surface area contributed by atoms with Crippen LogP contribution in [0.5, 0.6) is 11.5 Å². The number of aromatic carboxylic acids is 1. The van der Waals surface area contributed by atoms with Crippen LogP contribution in [0.4, 0.5) is 0 Å². The summed E-state index contributed by atoms with van der Waals surface area (Å²) in [5.74, 6) is -2.04. The van der Waals surface area contributed by atoms with Gasteiger partial charge in [0.05, 0.1) is 42.4 Å². The Morgan fingerprint density at radius 3 is 2.77 bits per heavy atom. The largest absolute Gasteiger partial charge is 0.669 e. The summed E-state index contributed by atoms with van der Waals surface area (Å²) in [5.41, 5.74) is 6.57. The monoisotopic (exact) mass is 416 g/mol. The number of nitrogens with two attached hydrogens (primary N) is 1. The fourth-order valence-corrected chi connectivity index (χ4v) is 3.61. The molecule has 160 valence electrons. The third kappa shape index (κ3) is 3.72. The van der Waals surface area contributed by atoms with Crippen molar-refractivity contribution in [1.82, 2.24) is 14.5 Å². The van der Waals surface area contributed by atoms with E-state index in [0.29, 0.717) is 11.3 Å². The predicted molar refractivity (Wildman–Crippen MR) is 101 cm³/mol. The number of ether oxygens (including phenoxy) is 1. The van der Waals surface area contributed by atoms with E-state index in [1.54, 1.807) is 30.2 Å². The predicted octanol–water partition coefficient (Wildman–Crippen LogP) is -2.07. The van der Waals surface area contributed by atoms with Crippen LogP contribution in [0.3, 0.4) is 0 Å². The second kappa shape index (κ2) is 7.31. The molecule has 1 aromatic carbocycles. The first-order valence-electron chi connectivity index (χ1n) is 9.50. The number of carboxylic acid groups (broad SMARTS) is 1. The molecule has 1 fully saturated rings. The Labute approximate surface area is 171 Å². The topological polar surface area (TPSA) is 163 Å². The molecule has 0 radical (unpaired) electrons. The molecule has 1 unspecified atom stereocenters. The lowest BCUT2D eigenvalue weighted by Gasteiger charge is -2.41. The lowest BCUT2D eigenvalue weighted by atomic mass is 9.70. The molecular weight excluding hydrogens is 395 g/mol. The molecule has 2 aliphatic heterocycles. The molecule has 2 aliphatic rings. The minimum Gasteiger partial charge on any atom is -0.669 e. The van der Waals surface area contributed by atoms with E-state index in [0.717, 1.165) is 0 Å². The zero-order valence-corrected chi connectivity index (χ0v) is 16.2. The molecule has 1 saturated heterocycles. The average molecular weight is 416 g/mol. The lowest BCUT2D eigenvalue weighted by molar-refractivity contribution is -0.255. The van der Waals surface area contributed by atoms with E-state index in [-0.39, 0.29) is 48.8 Å². The van der Waals surface area contributed by atoms with Crippen LogP contribution < -0.4 is 20.2 Å². The third-order valence-electron chi connectivity index (χ3n) is 5.26. The van der Waals surface area contributed by atoms with Crippen LogP contribution in [-0.2, 0) is 18.3 Å². The highest BCUT2D eigenvalue weighted by molar-refractivity contribution is 6.59. The first-order chi connectivity index (χ1) is 14.1. The van der Waals surface area contributed by atoms with E-state index < -0.39 is 24.9 Å². The standard InChI is InChI=1S/C18H22BN4O7/c1-22-8-12(21-9-22)15(20)17(24)23-6-11(7-23)29-13-3-2-10-4-5-19(27,28)30-16(10)14(13)18(25)26/h2-3,8-9,11,15,27-28H,4-7,20H2,1H3,(H,25,26)/q-1/p-1. The normalized spacial score (nSPS) is 18.7. The molecule has 0 bridgehead atoms. The van der Waals surface area contributed by atoms with Gasteiger partial charge in [-0.3, -0.25) is 4.79 Å². The minimum absolute atomic E-state index is 0.0200. The van der Waals surface area contributed by atoms with Gasteiger partial charge in [0, 0.05) is 13.2 Å². The number of likely N-dealkylation sites (tertiary alicyclic amines) is 1. The second-order valence-electron chi connectivity index (χ2n) is 7.65. The van der Waals surface area contributed by atoms with Crippen LogP contribution in [0.2, 0.25) is 6.32 Å². The second-order valence-corrected chi connectivity index (χ2v) is 7.65. The molecular formula is C18H21BN4O7-2. The summed E-state index contributed by atoms with van der Waals surface area (Å²) in [6.07, 6.45) is 2.98. The van der Waals surface area contributed by atoms with Crippen LogP contribution in [-0.4, -0.2) is 62.3 Å². The quantitative estimate of drug-likeness (QED) is 0.465. The highest BCUT2D eigenvalue weighted by Crippen LogP contribution is 2.38. The van der Waals surface area contributed by atoms with Crippen molar-refractivity contribution in [1.29, 1.82) is 0 Å². The number of hydrogen-bond donors (Lipinski definition) is 3. The maximum absolute atomic E-state index is 12.5.